The maximum absolute atomic E-state index is 14.3. The van der Waals surface area contributed by atoms with Crippen LogP contribution in [0.2, 0.25) is 0 Å². The van der Waals surface area contributed by atoms with Crippen LogP contribution in [0, 0.1) is 5.82 Å². The molecular weight excluding hydrogens is 353 g/mol. The zero-order valence-corrected chi connectivity index (χ0v) is 16.1. The van der Waals surface area contributed by atoms with Crippen LogP contribution in [0.4, 0.5) is 4.39 Å². The summed E-state index contributed by atoms with van der Waals surface area (Å²) >= 11 is 0. The lowest BCUT2D eigenvalue weighted by atomic mass is 9.89. The third-order valence-electron chi connectivity index (χ3n) is 5.02. The highest BCUT2D eigenvalue weighted by atomic mass is 19.1. The number of ether oxygens (including phenoxy) is 1. The summed E-state index contributed by atoms with van der Waals surface area (Å²) in [6, 6.07) is 25.7. The van der Waals surface area contributed by atoms with E-state index in [0.29, 0.717) is 5.56 Å². The monoisotopic (exact) mass is 377 g/mol. The molecule has 3 nitrogen and oxygen atoms in total. The van der Waals surface area contributed by atoms with Crippen LogP contribution in [0.3, 0.4) is 0 Å². The summed E-state index contributed by atoms with van der Waals surface area (Å²) in [5, 5.41) is 2.97. The molecule has 3 rings (SSSR count). The second kappa shape index (κ2) is 8.81. The van der Waals surface area contributed by atoms with Gasteiger partial charge in [-0.2, -0.15) is 0 Å². The third-order valence-corrected chi connectivity index (χ3v) is 5.02. The van der Waals surface area contributed by atoms with Gasteiger partial charge in [0.1, 0.15) is 11.4 Å². The summed E-state index contributed by atoms with van der Waals surface area (Å²) in [5.74, 6) is -0.968. The fourth-order valence-corrected chi connectivity index (χ4v) is 3.31. The zero-order chi connectivity index (χ0) is 20.0. The summed E-state index contributed by atoms with van der Waals surface area (Å²) in [6.45, 7) is 1.92. The molecule has 0 aliphatic heterocycles. The van der Waals surface area contributed by atoms with Crippen molar-refractivity contribution in [2.45, 2.75) is 18.4 Å². The fourth-order valence-electron chi connectivity index (χ4n) is 3.31. The standard InChI is InChI=1S/C24H24FNO2/c1-24(28-2,20-15-9-10-16-21(20)25)17-26-23(27)22(18-11-5-3-6-12-18)19-13-7-4-8-14-19/h3-16,22H,17H2,1-2H3,(H,26,27). The van der Waals surface area contributed by atoms with E-state index in [9.17, 15) is 9.18 Å². The molecule has 4 heteroatoms. The van der Waals surface area contributed by atoms with Crippen LogP contribution >= 0.6 is 0 Å². The first-order valence-corrected chi connectivity index (χ1v) is 9.23. The number of amides is 1. The Morgan fingerprint density at radius 2 is 1.43 bits per heavy atom. The van der Waals surface area contributed by atoms with Crippen molar-refractivity contribution in [1.82, 2.24) is 5.32 Å². The normalized spacial score (nSPS) is 13.1. The van der Waals surface area contributed by atoms with E-state index in [-0.39, 0.29) is 18.3 Å². The van der Waals surface area contributed by atoms with Crippen LogP contribution < -0.4 is 5.32 Å². The Bertz CT molecular complexity index is 875. The Morgan fingerprint density at radius 1 is 0.929 bits per heavy atom. The molecule has 28 heavy (non-hydrogen) atoms. The van der Waals surface area contributed by atoms with E-state index in [1.54, 1.807) is 25.1 Å². The number of hydrogen-bond donors (Lipinski definition) is 1. The van der Waals surface area contributed by atoms with E-state index in [1.165, 1.54) is 13.2 Å². The average molecular weight is 377 g/mol. The molecule has 1 amide bonds. The molecule has 3 aromatic rings. The van der Waals surface area contributed by atoms with Crippen molar-refractivity contribution in [2.75, 3.05) is 13.7 Å². The minimum atomic E-state index is -0.973. The van der Waals surface area contributed by atoms with Crippen molar-refractivity contribution in [3.63, 3.8) is 0 Å². The van der Waals surface area contributed by atoms with Crippen LogP contribution in [0.5, 0.6) is 0 Å². The Hall–Kier alpha value is -2.98. The number of carbonyl (C=O) groups is 1. The lowest BCUT2D eigenvalue weighted by Gasteiger charge is -2.30. The maximum atomic E-state index is 14.3. The molecule has 144 valence electrons. The number of carbonyl (C=O) groups excluding carboxylic acids is 1. The average Bonchev–Trinajstić information content (AvgIpc) is 2.74. The predicted molar refractivity (Wildman–Crippen MR) is 108 cm³/mol. The van der Waals surface area contributed by atoms with Crippen LogP contribution in [-0.2, 0) is 15.1 Å². The molecule has 3 aromatic carbocycles. The molecule has 0 aromatic heterocycles. The molecule has 0 saturated heterocycles. The Kier molecular flexibility index (Phi) is 6.22. The highest BCUT2D eigenvalue weighted by molar-refractivity contribution is 5.87. The van der Waals surface area contributed by atoms with E-state index >= 15 is 0 Å². The molecule has 0 heterocycles. The van der Waals surface area contributed by atoms with Crippen molar-refractivity contribution in [3.8, 4) is 0 Å². The van der Waals surface area contributed by atoms with E-state index in [2.05, 4.69) is 5.32 Å². The zero-order valence-electron chi connectivity index (χ0n) is 16.1. The summed E-state index contributed by atoms with van der Waals surface area (Å²) in [7, 11) is 1.52. The number of nitrogens with one attached hydrogen (secondary N) is 1. The lowest BCUT2D eigenvalue weighted by molar-refractivity contribution is -0.123. The topological polar surface area (TPSA) is 38.3 Å². The van der Waals surface area contributed by atoms with Gasteiger partial charge in [0.05, 0.1) is 12.5 Å². The van der Waals surface area contributed by atoms with Gasteiger partial charge >= 0.3 is 0 Å². The van der Waals surface area contributed by atoms with Crippen LogP contribution in [0.25, 0.3) is 0 Å². The molecule has 0 fully saturated rings. The SMILES string of the molecule is COC(C)(CNC(=O)C(c1ccccc1)c1ccccc1)c1ccccc1F. The van der Waals surface area contributed by atoms with E-state index < -0.39 is 11.5 Å². The highest BCUT2D eigenvalue weighted by Gasteiger charge is 2.31. The molecule has 0 saturated carbocycles. The molecule has 0 radical (unpaired) electrons. The summed E-state index contributed by atoms with van der Waals surface area (Å²) in [6.07, 6.45) is 0. The molecule has 1 N–H and O–H groups in total. The van der Waals surface area contributed by atoms with E-state index in [4.69, 9.17) is 4.74 Å². The number of rotatable bonds is 7. The van der Waals surface area contributed by atoms with E-state index in [1.807, 2.05) is 60.7 Å². The first-order valence-electron chi connectivity index (χ1n) is 9.23. The van der Waals surface area contributed by atoms with Crippen LogP contribution in [-0.4, -0.2) is 19.6 Å². The summed E-state index contributed by atoms with van der Waals surface area (Å²) < 4.78 is 19.9. The first kappa shape index (κ1) is 19.8. The van der Waals surface area contributed by atoms with Crippen molar-refractivity contribution in [3.05, 3.63) is 107 Å². The largest absolute Gasteiger partial charge is 0.372 e. The van der Waals surface area contributed by atoms with Gasteiger partial charge < -0.3 is 10.1 Å². The van der Waals surface area contributed by atoms with Gasteiger partial charge in [0, 0.05) is 12.7 Å². The summed E-state index contributed by atoms with van der Waals surface area (Å²) in [4.78, 5) is 13.2. The fraction of sp³-hybridized carbons (Fsp3) is 0.208. The second-order valence-electron chi connectivity index (χ2n) is 6.89. The molecule has 0 spiro atoms. The van der Waals surface area contributed by atoms with Crippen molar-refractivity contribution in [2.24, 2.45) is 0 Å². The third kappa shape index (κ3) is 4.29. The molecule has 0 aliphatic carbocycles. The minimum Gasteiger partial charge on any atom is -0.372 e. The summed E-state index contributed by atoms with van der Waals surface area (Å²) in [5.41, 5.74) is 1.24. The molecule has 1 unspecified atom stereocenters. The molecule has 1 atom stereocenters. The number of hydrogen-bond acceptors (Lipinski definition) is 2. The quantitative estimate of drug-likeness (QED) is 0.652. The number of benzene rings is 3. The molecule has 0 aliphatic rings. The number of methoxy groups -OCH3 is 1. The molecular formula is C24H24FNO2. The van der Waals surface area contributed by atoms with Gasteiger partial charge in [0.15, 0.2) is 0 Å². The Labute approximate surface area is 165 Å². The van der Waals surface area contributed by atoms with Gasteiger partial charge in [0.2, 0.25) is 5.91 Å². The Morgan fingerprint density at radius 3 is 1.93 bits per heavy atom. The van der Waals surface area contributed by atoms with Gasteiger partial charge in [-0.1, -0.05) is 78.9 Å². The van der Waals surface area contributed by atoms with Gasteiger partial charge in [-0.05, 0) is 24.1 Å². The van der Waals surface area contributed by atoms with Crippen LogP contribution in [0.15, 0.2) is 84.9 Å². The van der Waals surface area contributed by atoms with Gasteiger partial charge in [-0.25, -0.2) is 4.39 Å². The highest BCUT2D eigenvalue weighted by Crippen LogP contribution is 2.28. The lowest BCUT2D eigenvalue weighted by Crippen LogP contribution is -2.42. The smallest absolute Gasteiger partial charge is 0.232 e. The minimum absolute atomic E-state index is 0.152. The first-order chi connectivity index (χ1) is 13.5. The van der Waals surface area contributed by atoms with Crippen LogP contribution in [0.1, 0.15) is 29.5 Å². The van der Waals surface area contributed by atoms with Gasteiger partial charge in [-0.15, -0.1) is 0 Å². The Balaban J connectivity index is 1.85. The van der Waals surface area contributed by atoms with Crippen molar-refractivity contribution >= 4 is 5.91 Å². The predicted octanol–water partition coefficient (Wildman–Crippen LogP) is 4.64. The van der Waals surface area contributed by atoms with Crippen molar-refractivity contribution in [1.29, 1.82) is 0 Å². The number of halogens is 1. The molecule has 0 bridgehead atoms. The van der Waals surface area contributed by atoms with Gasteiger partial charge in [-0.3, -0.25) is 4.79 Å². The second-order valence-corrected chi connectivity index (χ2v) is 6.89. The van der Waals surface area contributed by atoms with E-state index in [0.717, 1.165) is 11.1 Å². The van der Waals surface area contributed by atoms with Gasteiger partial charge in [0.25, 0.3) is 0 Å². The van der Waals surface area contributed by atoms with Crippen molar-refractivity contribution < 1.29 is 13.9 Å². The maximum Gasteiger partial charge on any atom is 0.232 e.